The average Bonchev–Trinajstić information content (AvgIpc) is 2.85. The van der Waals surface area contributed by atoms with E-state index in [0.29, 0.717) is 23.5 Å². The third kappa shape index (κ3) is 3.66. The van der Waals surface area contributed by atoms with Crippen LogP contribution < -0.4 is 4.74 Å². The highest BCUT2D eigenvalue weighted by Crippen LogP contribution is 2.22. The van der Waals surface area contributed by atoms with Crippen LogP contribution in [0.25, 0.3) is 11.1 Å². The van der Waals surface area contributed by atoms with Gasteiger partial charge in [-0.05, 0) is 18.6 Å². The Bertz CT molecular complexity index is 619. The number of allylic oxidation sites excluding steroid dienone is 1. The number of carbonyl (C=O) groups excluding carboxylic acids is 1. The van der Waals surface area contributed by atoms with Gasteiger partial charge in [-0.1, -0.05) is 13.3 Å². The second-order valence-electron chi connectivity index (χ2n) is 4.38. The van der Waals surface area contributed by atoms with Gasteiger partial charge in [-0.25, -0.2) is 9.37 Å². The van der Waals surface area contributed by atoms with Crippen LogP contribution in [0.1, 0.15) is 25.7 Å². The second kappa shape index (κ2) is 6.84. The predicted octanol–water partition coefficient (Wildman–Crippen LogP) is 3.60. The van der Waals surface area contributed by atoms with Crippen molar-refractivity contribution < 1.29 is 18.3 Å². The first-order valence-corrected chi connectivity index (χ1v) is 6.55. The predicted molar refractivity (Wildman–Crippen MR) is 73.4 cm³/mol. The van der Waals surface area contributed by atoms with Crippen LogP contribution in [0, 0.1) is 0 Å². The van der Waals surface area contributed by atoms with Crippen LogP contribution in [-0.2, 0) is 11.2 Å². The molecule has 20 heavy (non-hydrogen) atoms. The smallest absolute Gasteiger partial charge is 0.195 e. The maximum absolute atomic E-state index is 13.0. The summed E-state index contributed by atoms with van der Waals surface area (Å²) in [5.41, 5.74) is 1.38. The van der Waals surface area contributed by atoms with Gasteiger partial charge in [0.15, 0.2) is 11.5 Å². The van der Waals surface area contributed by atoms with Gasteiger partial charge in [0, 0.05) is 18.6 Å². The molecule has 1 aromatic heterocycles. The van der Waals surface area contributed by atoms with Gasteiger partial charge in [0.25, 0.3) is 0 Å². The number of ether oxygens (including phenoxy) is 1. The molecule has 2 aromatic rings. The lowest BCUT2D eigenvalue weighted by molar-refractivity contribution is -0.104. The maximum Gasteiger partial charge on any atom is 0.195 e. The number of nitrogens with zero attached hydrogens (tertiary/aromatic N) is 1. The van der Waals surface area contributed by atoms with Gasteiger partial charge < -0.3 is 9.15 Å². The number of carbonyl (C=O) groups is 1. The van der Waals surface area contributed by atoms with E-state index in [9.17, 15) is 9.18 Å². The Morgan fingerprint density at radius 2 is 2.35 bits per heavy atom. The Morgan fingerprint density at radius 3 is 3.10 bits per heavy atom. The maximum atomic E-state index is 13.0. The summed E-state index contributed by atoms with van der Waals surface area (Å²) in [7, 11) is 0. The second-order valence-corrected chi connectivity index (χ2v) is 4.38. The van der Waals surface area contributed by atoms with E-state index in [0.717, 1.165) is 30.9 Å². The molecule has 0 unspecified atom stereocenters. The molecule has 0 aliphatic rings. The van der Waals surface area contributed by atoms with Crippen LogP contribution in [0.3, 0.4) is 0 Å². The number of aromatic nitrogens is 1. The van der Waals surface area contributed by atoms with Crippen LogP contribution in [0.15, 0.2) is 34.5 Å². The molecular weight excluding hydrogens is 261 g/mol. The molecule has 0 radical (unpaired) electrons. The van der Waals surface area contributed by atoms with Crippen molar-refractivity contribution in [3.8, 4) is 5.75 Å². The summed E-state index contributed by atoms with van der Waals surface area (Å²) in [6, 6.07) is 5.14. The molecule has 0 amide bonds. The zero-order chi connectivity index (χ0) is 14.4. The number of rotatable bonds is 7. The highest BCUT2D eigenvalue weighted by atomic mass is 19.1. The number of hydrogen-bond donors (Lipinski definition) is 0. The number of aldehydes is 1. The molecule has 1 aromatic carbocycles. The molecule has 106 valence electrons. The van der Waals surface area contributed by atoms with E-state index in [1.54, 1.807) is 18.2 Å². The Kier molecular flexibility index (Phi) is 4.87. The van der Waals surface area contributed by atoms with E-state index in [4.69, 9.17) is 9.15 Å². The van der Waals surface area contributed by atoms with Crippen LogP contribution in [0.5, 0.6) is 5.75 Å². The molecule has 5 heteroatoms. The Labute approximate surface area is 116 Å². The van der Waals surface area contributed by atoms with E-state index in [-0.39, 0.29) is 6.61 Å². The first kappa shape index (κ1) is 14.2. The van der Waals surface area contributed by atoms with Crippen molar-refractivity contribution in [2.45, 2.75) is 26.2 Å². The van der Waals surface area contributed by atoms with Gasteiger partial charge in [0.1, 0.15) is 30.0 Å². The lowest BCUT2D eigenvalue weighted by atomic mass is 10.2. The molecule has 0 spiro atoms. The van der Waals surface area contributed by atoms with Gasteiger partial charge in [0.05, 0.1) is 0 Å². The lowest BCUT2D eigenvalue weighted by Crippen LogP contribution is -1.97. The van der Waals surface area contributed by atoms with Crippen molar-refractivity contribution >= 4 is 17.4 Å². The van der Waals surface area contributed by atoms with E-state index < -0.39 is 5.83 Å². The highest BCUT2D eigenvalue weighted by molar-refractivity contribution is 5.74. The summed E-state index contributed by atoms with van der Waals surface area (Å²) < 4.78 is 23.9. The Morgan fingerprint density at radius 1 is 1.50 bits per heavy atom. The quantitative estimate of drug-likeness (QED) is 0.573. The number of oxazole rings is 1. The number of benzene rings is 1. The molecule has 0 N–H and O–H groups in total. The molecule has 1 heterocycles. The van der Waals surface area contributed by atoms with Crippen LogP contribution >= 0.6 is 0 Å². The number of fused-ring (bicyclic) bond motifs is 1. The fourth-order valence-electron chi connectivity index (χ4n) is 1.75. The Balaban J connectivity index is 2.08. The first-order valence-electron chi connectivity index (χ1n) is 6.55. The van der Waals surface area contributed by atoms with Crippen molar-refractivity contribution in [1.82, 2.24) is 4.98 Å². The number of hydrogen-bond acceptors (Lipinski definition) is 4. The third-order valence-corrected chi connectivity index (χ3v) is 2.77. The minimum Gasteiger partial charge on any atom is -0.486 e. The SMILES string of the molecule is CCCCc1nc2ccc(OC/C(F)=C\C=O)cc2o1. The fourth-order valence-corrected chi connectivity index (χ4v) is 1.75. The minimum absolute atomic E-state index is 0.277. The van der Waals surface area contributed by atoms with Crippen molar-refractivity contribution in [1.29, 1.82) is 0 Å². The molecule has 0 atom stereocenters. The van der Waals surface area contributed by atoms with Crippen molar-refractivity contribution in [2.75, 3.05) is 6.61 Å². The minimum atomic E-state index is -0.624. The summed E-state index contributed by atoms with van der Waals surface area (Å²) in [5.74, 6) is 0.553. The summed E-state index contributed by atoms with van der Waals surface area (Å²) in [4.78, 5) is 14.5. The van der Waals surface area contributed by atoms with Crippen LogP contribution in [0.4, 0.5) is 4.39 Å². The van der Waals surface area contributed by atoms with Crippen molar-refractivity contribution in [3.63, 3.8) is 0 Å². The molecule has 0 saturated heterocycles. The van der Waals surface area contributed by atoms with Gasteiger partial charge in [-0.2, -0.15) is 0 Å². The molecule has 0 fully saturated rings. The molecular formula is C15H16FNO3. The van der Waals surface area contributed by atoms with Gasteiger partial charge >= 0.3 is 0 Å². The standard InChI is InChI=1S/C15H16FNO3/c1-2-3-4-15-17-13-6-5-12(9-14(13)20-15)19-10-11(16)7-8-18/h5-9H,2-4,10H2,1H3/b11-7+. The number of unbranched alkanes of at least 4 members (excludes halogenated alkanes) is 1. The molecule has 0 aliphatic carbocycles. The van der Waals surface area contributed by atoms with Crippen LogP contribution in [-0.4, -0.2) is 17.9 Å². The van der Waals surface area contributed by atoms with Crippen molar-refractivity contribution in [3.05, 3.63) is 36.0 Å². The third-order valence-electron chi connectivity index (χ3n) is 2.77. The lowest BCUT2D eigenvalue weighted by Gasteiger charge is -2.03. The molecule has 0 bridgehead atoms. The number of halogens is 1. The molecule has 0 saturated carbocycles. The summed E-state index contributed by atoms with van der Waals surface area (Å²) in [6.07, 6.45) is 4.12. The normalized spacial score (nSPS) is 11.8. The van der Waals surface area contributed by atoms with E-state index in [1.165, 1.54) is 0 Å². The van der Waals surface area contributed by atoms with E-state index in [2.05, 4.69) is 11.9 Å². The molecule has 0 aliphatic heterocycles. The molecule has 2 rings (SSSR count). The largest absolute Gasteiger partial charge is 0.486 e. The average molecular weight is 277 g/mol. The first-order chi connectivity index (χ1) is 9.72. The van der Waals surface area contributed by atoms with E-state index in [1.807, 2.05) is 0 Å². The zero-order valence-electron chi connectivity index (χ0n) is 11.3. The summed E-state index contributed by atoms with van der Waals surface area (Å²) in [6.45, 7) is 1.83. The Hall–Kier alpha value is -2.17. The van der Waals surface area contributed by atoms with Crippen molar-refractivity contribution in [2.24, 2.45) is 0 Å². The monoisotopic (exact) mass is 277 g/mol. The number of aryl methyl sites for hydroxylation is 1. The van der Waals surface area contributed by atoms with E-state index >= 15 is 0 Å². The van der Waals surface area contributed by atoms with Crippen LogP contribution in [0.2, 0.25) is 0 Å². The van der Waals surface area contributed by atoms with Gasteiger partial charge in [-0.3, -0.25) is 4.79 Å². The highest BCUT2D eigenvalue weighted by Gasteiger charge is 2.07. The fraction of sp³-hybridized carbons (Fsp3) is 0.333. The zero-order valence-corrected chi connectivity index (χ0v) is 11.3. The topological polar surface area (TPSA) is 52.3 Å². The van der Waals surface area contributed by atoms with Gasteiger partial charge in [-0.15, -0.1) is 0 Å². The van der Waals surface area contributed by atoms with Gasteiger partial charge in [0.2, 0.25) is 0 Å². The summed E-state index contributed by atoms with van der Waals surface area (Å²) >= 11 is 0. The molecule has 4 nitrogen and oxygen atoms in total. The summed E-state index contributed by atoms with van der Waals surface area (Å²) in [5, 5.41) is 0.